The first-order valence-corrected chi connectivity index (χ1v) is 13.8. The van der Waals surface area contributed by atoms with Gasteiger partial charge >= 0.3 is 0 Å². The molecule has 4 rings (SSSR count). The molecule has 0 amide bonds. The second-order valence-electron chi connectivity index (χ2n) is 9.20. The Hall–Kier alpha value is -0.510. The normalized spacial score (nSPS) is 30.8. The minimum absolute atomic E-state index is 0.150. The van der Waals surface area contributed by atoms with E-state index in [0.29, 0.717) is 5.78 Å². The molecular formula is C27H32I2O3. The first kappa shape index (κ1) is 24.6. The highest BCUT2D eigenvalue weighted by Crippen LogP contribution is 2.51. The SMILES string of the molecule is COC1(c2ccc(I)cc2)CCCCC1C(=O)C1CCCCC1(OC)c1ccc(I)cc1. The summed E-state index contributed by atoms with van der Waals surface area (Å²) in [4.78, 5) is 14.4. The minimum atomic E-state index is -0.553. The molecule has 4 atom stereocenters. The van der Waals surface area contributed by atoms with Gasteiger partial charge in [0.15, 0.2) is 0 Å². The van der Waals surface area contributed by atoms with Crippen LogP contribution in [0.25, 0.3) is 0 Å². The van der Waals surface area contributed by atoms with Gasteiger partial charge in [-0.3, -0.25) is 4.79 Å². The van der Waals surface area contributed by atoms with Crippen molar-refractivity contribution < 1.29 is 14.3 Å². The molecule has 0 aromatic heterocycles. The topological polar surface area (TPSA) is 35.5 Å². The zero-order valence-electron chi connectivity index (χ0n) is 18.9. The summed E-state index contributed by atoms with van der Waals surface area (Å²) >= 11 is 4.66. The number of ketones is 1. The maximum Gasteiger partial charge on any atom is 0.145 e. The van der Waals surface area contributed by atoms with Crippen LogP contribution >= 0.6 is 45.2 Å². The standard InChI is InChI=1S/C27H32I2O3/c1-31-26(19-9-13-21(28)14-10-19)17-5-3-7-23(26)25(30)24-8-4-6-18-27(24,32-2)20-11-15-22(29)16-12-20/h9-16,23-24H,3-8,17-18H2,1-2H3. The fraction of sp³-hybridized carbons (Fsp3) is 0.519. The molecule has 0 saturated heterocycles. The number of ether oxygens (including phenoxy) is 2. The lowest BCUT2D eigenvalue weighted by atomic mass is 9.61. The summed E-state index contributed by atoms with van der Waals surface area (Å²) in [7, 11) is 3.57. The van der Waals surface area contributed by atoms with E-state index in [-0.39, 0.29) is 11.8 Å². The summed E-state index contributed by atoms with van der Waals surface area (Å²) in [5.41, 5.74) is 1.16. The van der Waals surface area contributed by atoms with Gasteiger partial charge in [0.25, 0.3) is 0 Å². The molecule has 0 heterocycles. The molecule has 32 heavy (non-hydrogen) atoms. The second kappa shape index (κ2) is 10.4. The Kier molecular flexibility index (Phi) is 8.00. The van der Waals surface area contributed by atoms with Crippen molar-refractivity contribution in [2.24, 2.45) is 11.8 Å². The molecular weight excluding hydrogens is 626 g/mol. The molecule has 2 fully saturated rings. The number of benzene rings is 2. The fourth-order valence-corrected chi connectivity index (χ4v) is 6.87. The quantitative estimate of drug-likeness (QED) is 0.308. The van der Waals surface area contributed by atoms with E-state index in [1.54, 1.807) is 14.2 Å². The van der Waals surface area contributed by atoms with E-state index in [4.69, 9.17) is 9.47 Å². The number of hydrogen-bond donors (Lipinski definition) is 0. The number of carbonyl (C=O) groups is 1. The highest BCUT2D eigenvalue weighted by molar-refractivity contribution is 14.1. The van der Waals surface area contributed by atoms with E-state index in [1.807, 2.05) is 0 Å². The van der Waals surface area contributed by atoms with Crippen LogP contribution in [0.4, 0.5) is 0 Å². The zero-order valence-corrected chi connectivity index (χ0v) is 23.2. The van der Waals surface area contributed by atoms with Crippen molar-refractivity contribution in [3.05, 3.63) is 66.8 Å². The molecule has 2 aliphatic carbocycles. The third kappa shape index (κ3) is 4.43. The van der Waals surface area contributed by atoms with E-state index >= 15 is 0 Å². The average molecular weight is 658 g/mol. The van der Waals surface area contributed by atoms with Crippen molar-refractivity contribution in [2.75, 3.05) is 14.2 Å². The summed E-state index contributed by atoms with van der Waals surface area (Å²) in [6, 6.07) is 17.1. The molecule has 4 unspecified atom stereocenters. The maximum atomic E-state index is 14.4. The monoisotopic (exact) mass is 658 g/mol. The Morgan fingerprint density at radius 2 is 1.09 bits per heavy atom. The lowest BCUT2D eigenvalue weighted by Gasteiger charge is -2.48. The number of halogens is 2. The van der Waals surface area contributed by atoms with Gasteiger partial charge in [0.2, 0.25) is 0 Å². The van der Waals surface area contributed by atoms with Gasteiger partial charge in [-0.15, -0.1) is 0 Å². The van der Waals surface area contributed by atoms with Gasteiger partial charge in [0, 0.05) is 21.4 Å². The zero-order chi connectivity index (χ0) is 22.8. The first-order chi connectivity index (χ1) is 15.5. The molecule has 0 N–H and O–H groups in total. The highest BCUT2D eigenvalue weighted by Gasteiger charge is 2.53. The van der Waals surface area contributed by atoms with Gasteiger partial charge in [-0.25, -0.2) is 0 Å². The minimum Gasteiger partial charge on any atom is -0.373 e. The average Bonchev–Trinajstić information content (AvgIpc) is 2.84. The summed E-state index contributed by atoms with van der Waals surface area (Å²) < 4.78 is 15.0. The molecule has 172 valence electrons. The van der Waals surface area contributed by atoms with Gasteiger partial charge in [-0.1, -0.05) is 49.9 Å². The number of methoxy groups -OCH3 is 2. The van der Waals surface area contributed by atoms with Crippen molar-refractivity contribution in [3.8, 4) is 0 Å². The van der Waals surface area contributed by atoms with Crippen molar-refractivity contribution >= 4 is 51.0 Å². The lowest BCUT2D eigenvalue weighted by molar-refractivity contribution is -0.164. The third-order valence-electron chi connectivity index (χ3n) is 7.79. The van der Waals surface area contributed by atoms with Gasteiger partial charge < -0.3 is 9.47 Å². The summed E-state index contributed by atoms with van der Waals surface area (Å²) in [5.74, 6) is 0.0239. The van der Waals surface area contributed by atoms with E-state index in [9.17, 15) is 4.79 Å². The third-order valence-corrected chi connectivity index (χ3v) is 9.23. The van der Waals surface area contributed by atoms with Gasteiger partial charge in [0.1, 0.15) is 17.0 Å². The van der Waals surface area contributed by atoms with Crippen LogP contribution in [0.2, 0.25) is 0 Å². The molecule has 2 aliphatic rings. The van der Waals surface area contributed by atoms with Gasteiger partial charge in [0.05, 0.1) is 11.8 Å². The smallest absolute Gasteiger partial charge is 0.145 e. The molecule has 5 heteroatoms. The largest absolute Gasteiger partial charge is 0.373 e. The van der Waals surface area contributed by atoms with Gasteiger partial charge in [-0.05, 0) is 106 Å². The fourth-order valence-electron chi connectivity index (χ4n) is 6.15. The van der Waals surface area contributed by atoms with Crippen LogP contribution in [-0.4, -0.2) is 20.0 Å². The van der Waals surface area contributed by atoms with Crippen LogP contribution in [0.5, 0.6) is 0 Å². The second-order valence-corrected chi connectivity index (χ2v) is 11.7. The van der Waals surface area contributed by atoms with Crippen LogP contribution in [0.1, 0.15) is 62.5 Å². The van der Waals surface area contributed by atoms with Crippen molar-refractivity contribution in [1.29, 1.82) is 0 Å². The Morgan fingerprint density at radius 3 is 1.44 bits per heavy atom. The Labute approximate surface area is 219 Å². The van der Waals surface area contributed by atoms with Gasteiger partial charge in [-0.2, -0.15) is 0 Å². The first-order valence-electron chi connectivity index (χ1n) is 11.6. The number of hydrogen-bond acceptors (Lipinski definition) is 3. The lowest BCUT2D eigenvalue weighted by Crippen LogP contribution is -2.51. The summed E-state index contributed by atoms with van der Waals surface area (Å²) in [6.45, 7) is 0. The van der Waals surface area contributed by atoms with Crippen LogP contribution in [0.15, 0.2) is 48.5 Å². The molecule has 2 aromatic carbocycles. The molecule has 0 aliphatic heterocycles. The number of rotatable bonds is 6. The predicted molar refractivity (Wildman–Crippen MR) is 145 cm³/mol. The van der Waals surface area contributed by atoms with E-state index in [0.717, 1.165) is 62.5 Å². The molecule has 2 saturated carbocycles. The predicted octanol–water partition coefficient (Wildman–Crippen LogP) is 7.23. The number of Topliss-reactive ketones (excluding diaryl/α,β-unsaturated/α-hetero) is 1. The van der Waals surface area contributed by atoms with E-state index < -0.39 is 11.2 Å². The van der Waals surface area contributed by atoms with Crippen molar-refractivity contribution in [3.63, 3.8) is 0 Å². The summed E-state index contributed by atoms with van der Waals surface area (Å²) in [6.07, 6.45) is 7.84. The van der Waals surface area contributed by atoms with Crippen LogP contribution in [0.3, 0.4) is 0 Å². The molecule has 3 nitrogen and oxygen atoms in total. The maximum absolute atomic E-state index is 14.4. The van der Waals surface area contributed by atoms with Crippen molar-refractivity contribution in [2.45, 2.75) is 62.6 Å². The molecule has 2 aromatic rings. The highest BCUT2D eigenvalue weighted by atomic mass is 127. The molecule has 0 spiro atoms. The summed E-state index contributed by atoms with van der Waals surface area (Å²) in [5, 5.41) is 0. The Bertz CT molecular complexity index is 851. The van der Waals surface area contributed by atoms with E-state index in [1.165, 1.54) is 7.14 Å². The number of carbonyl (C=O) groups excluding carboxylic acids is 1. The Balaban J connectivity index is 1.75. The van der Waals surface area contributed by atoms with Crippen molar-refractivity contribution in [1.82, 2.24) is 0 Å². The van der Waals surface area contributed by atoms with E-state index in [2.05, 4.69) is 93.7 Å². The molecule has 0 bridgehead atoms. The van der Waals surface area contributed by atoms with Crippen LogP contribution in [-0.2, 0) is 25.5 Å². The molecule has 0 radical (unpaired) electrons. The van der Waals surface area contributed by atoms with Crippen LogP contribution < -0.4 is 0 Å². The van der Waals surface area contributed by atoms with Crippen LogP contribution in [0, 0.1) is 19.0 Å². The Morgan fingerprint density at radius 1 is 0.719 bits per heavy atom.